The number of nitrogens with zero attached hydrogens (tertiary/aromatic N) is 3. The molecule has 1 aliphatic heterocycles. The third kappa shape index (κ3) is 0.918. The Balaban J connectivity index is 2.47. The van der Waals surface area contributed by atoms with Gasteiger partial charge in [0.2, 0.25) is 5.95 Å². The van der Waals surface area contributed by atoms with Gasteiger partial charge in [0.05, 0.1) is 11.1 Å². The maximum atomic E-state index is 5.55. The van der Waals surface area contributed by atoms with Crippen molar-refractivity contribution in [1.82, 2.24) is 20.2 Å². The minimum Gasteiger partial charge on any atom is -0.368 e. The average Bonchev–Trinajstić information content (AvgIpc) is 2.50. The maximum absolute atomic E-state index is 5.55. The molecule has 3 N–H and O–H groups in total. The standard InChI is InChI=1S/C7H7N5S/c8-7-9-5-4-3(11-12-5)1-2-13-6(4)10-7/h1-2H2,(H3,8,9,10,11,12). The Labute approximate surface area is 78.1 Å². The molecule has 3 heterocycles. The summed E-state index contributed by atoms with van der Waals surface area (Å²) in [5.41, 5.74) is 7.36. The highest BCUT2D eigenvalue weighted by Crippen LogP contribution is 2.32. The van der Waals surface area contributed by atoms with Crippen LogP contribution in [0.15, 0.2) is 5.03 Å². The first-order valence-corrected chi connectivity index (χ1v) is 4.96. The van der Waals surface area contributed by atoms with Crippen LogP contribution in [0.5, 0.6) is 0 Å². The maximum Gasteiger partial charge on any atom is 0.223 e. The van der Waals surface area contributed by atoms with Crippen LogP contribution >= 0.6 is 11.8 Å². The number of nitrogens with one attached hydrogen (secondary N) is 1. The molecule has 0 fully saturated rings. The fourth-order valence-electron chi connectivity index (χ4n) is 1.50. The van der Waals surface area contributed by atoms with Gasteiger partial charge in [-0.2, -0.15) is 10.1 Å². The lowest BCUT2D eigenvalue weighted by molar-refractivity contribution is 0.982. The molecule has 2 aromatic heterocycles. The van der Waals surface area contributed by atoms with E-state index in [2.05, 4.69) is 20.2 Å². The van der Waals surface area contributed by atoms with Crippen LogP contribution in [-0.4, -0.2) is 25.9 Å². The number of thioether (sulfide) groups is 1. The highest BCUT2D eigenvalue weighted by Gasteiger charge is 2.18. The number of rotatable bonds is 0. The van der Waals surface area contributed by atoms with E-state index in [4.69, 9.17) is 5.73 Å². The fourth-order valence-corrected chi connectivity index (χ4v) is 2.51. The van der Waals surface area contributed by atoms with Gasteiger partial charge < -0.3 is 5.73 Å². The van der Waals surface area contributed by atoms with Gasteiger partial charge in [-0.15, -0.1) is 11.8 Å². The van der Waals surface area contributed by atoms with Gasteiger partial charge in [-0.05, 0) is 0 Å². The zero-order valence-corrected chi connectivity index (χ0v) is 7.56. The highest BCUT2D eigenvalue weighted by atomic mass is 32.2. The Bertz CT molecular complexity index is 477. The summed E-state index contributed by atoms with van der Waals surface area (Å²) in [7, 11) is 0. The second kappa shape index (κ2) is 2.35. The highest BCUT2D eigenvalue weighted by molar-refractivity contribution is 7.99. The molecular formula is C7H7N5S. The molecule has 0 aliphatic carbocycles. The van der Waals surface area contributed by atoms with Crippen molar-refractivity contribution in [3.63, 3.8) is 0 Å². The molecule has 66 valence electrons. The van der Waals surface area contributed by atoms with E-state index in [1.165, 1.54) is 0 Å². The van der Waals surface area contributed by atoms with Crippen LogP contribution in [0.2, 0.25) is 0 Å². The van der Waals surface area contributed by atoms with Crippen LogP contribution in [0, 0.1) is 0 Å². The van der Waals surface area contributed by atoms with E-state index < -0.39 is 0 Å². The smallest absolute Gasteiger partial charge is 0.223 e. The molecule has 0 saturated carbocycles. The molecule has 6 heteroatoms. The molecule has 0 saturated heterocycles. The third-order valence-electron chi connectivity index (χ3n) is 2.06. The van der Waals surface area contributed by atoms with Gasteiger partial charge >= 0.3 is 0 Å². The number of nitrogen functional groups attached to an aromatic ring is 1. The lowest BCUT2D eigenvalue weighted by Crippen LogP contribution is -2.02. The molecule has 2 aromatic rings. The Morgan fingerprint density at radius 1 is 1.38 bits per heavy atom. The minimum atomic E-state index is 0.312. The van der Waals surface area contributed by atoms with Crippen molar-refractivity contribution in [3.8, 4) is 0 Å². The molecule has 0 radical (unpaired) electrons. The number of H-pyrrole nitrogens is 1. The number of aryl methyl sites for hydroxylation is 1. The molecule has 5 nitrogen and oxygen atoms in total. The molecule has 0 spiro atoms. The van der Waals surface area contributed by atoms with Crippen LogP contribution in [0.1, 0.15) is 5.69 Å². The lowest BCUT2D eigenvalue weighted by atomic mass is 10.2. The first-order valence-electron chi connectivity index (χ1n) is 3.98. The topological polar surface area (TPSA) is 80.5 Å². The van der Waals surface area contributed by atoms with E-state index in [0.29, 0.717) is 5.95 Å². The van der Waals surface area contributed by atoms with Crippen molar-refractivity contribution in [2.45, 2.75) is 11.4 Å². The van der Waals surface area contributed by atoms with E-state index in [9.17, 15) is 0 Å². The van der Waals surface area contributed by atoms with Gasteiger partial charge in [0.15, 0.2) is 5.65 Å². The van der Waals surface area contributed by atoms with Gasteiger partial charge in [0.25, 0.3) is 0 Å². The number of aromatic nitrogens is 4. The van der Waals surface area contributed by atoms with E-state index in [1.807, 2.05) is 0 Å². The van der Waals surface area contributed by atoms with Crippen molar-refractivity contribution >= 4 is 28.7 Å². The summed E-state index contributed by atoms with van der Waals surface area (Å²) in [5.74, 6) is 1.33. The number of nitrogens with two attached hydrogens (primary N) is 1. The van der Waals surface area contributed by atoms with Crippen molar-refractivity contribution in [2.24, 2.45) is 0 Å². The summed E-state index contributed by atoms with van der Waals surface area (Å²) in [5, 5.41) is 9.04. The molecule has 0 amide bonds. The Kier molecular flexibility index (Phi) is 1.29. The van der Waals surface area contributed by atoms with E-state index in [-0.39, 0.29) is 0 Å². The zero-order chi connectivity index (χ0) is 8.84. The molecule has 0 bridgehead atoms. The predicted octanol–water partition coefficient (Wildman–Crippen LogP) is 0.583. The van der Waals surface area contributed by atoms with Crippen LogP contribution < -0.4 is 5.73 Å². The van der Waals surface area contributed by atoms with E-state index in [0.717, 1.165) is 33.9 Å². The molecule has 13 heavy (non-hydrogen) atoms. The SMILES string of the molecule is Nc1nc2c3c(n[nH]c3n1)CCS2. The molecule has 1 aliphatic rings. The summed E-state index contributed by atoms with van der Waals surface area (Å²) in [6.07, 6.45) is 0.977. The lowest BCUT2D eigenvalue weighted by Gasteiger charge is -2.08. The van der Waals surface area contributed by atoms with Gasteiger partial charge in [-0.3, -0.25) is 5.10 Å². The third-order valence-corrected chi connectivity index (χ3v) is 3.03. The van der Waals surface area contributed by atoms with Gasteiger partial charge in [0.1, 0.15) is 5.03 Å². The molecule has 0 aromatic carbocycles. The van der Waals surface area contributed by atoms with Crippen molar-refractivity contribution in [1.29, 1.82) is 0 Å². The quantitative estimate of drug-likeness (QED) is 0.598. The Morgan fingerprint density at radius 2 is 2.31 bits per heavy atom. The summed E-state index contributed by atoms with van der Waals surface area (Å²) in [6, 6.07) is 0. The largest absolute Gasteiger partial charge is 0.368 e. The first kappa shape index (κ1) is 7.14. The first-order chi connectivity index (χ1) is 6.34. The average molecular weight is 193 g/mol. The van der Waals surface area contributed by atoms with Gasteiger partial charge in [-0.1, -0.05) is 0 Å². The normalized spacial score (nSPS) is 15.1. The van der Waals surface area contributed by atoms with Gasteiger partial charge in [0, 0.05) is 12.2 Å². The van der Waals surface area contributed by atoms with Crippen LogP contribution in [0.4, 0.5) is 5.95 Å². The summed E-state index contributed by atoms with van der Waals surface area (Å²) < 4.78 is 0. The fraction of sp³-hybridized carbons (Fsp3) is 0.286. The van der Waals surface area contributed by atoms with Crippen LogP contribution in [0.3, 0.4) is 0 Å². The van der Waals surface area contributed by atoms with Crippen LogP contribution in [-0.2, 0) is 6.42 Å². The number of hydrogen-bond acceptors (Lipinski definition) is 5. The van der Waals surface area contributed by atoms with E-state index >= 15 is 0 Å². The molecule has 0 atom stereocenters. The second-order valence-corrected chi connectivity index (χ2v) is 3.96. The molecule has 0 unspecified atom stereocenters. The van der Waals surface area contributed by atoms with Crippen molar-refractivity contribution in [2.75, 3.05) is 11.5 Å². The monoisotopic (exact) mass is 193 g/mol. The number of anilines is 1. The van der Waals surface area contributed by atoms with Crippen molar-refractivity contribution in [3.05, 3.63) is 5.69 Å². The number of aromatic amines is 1. The Morgan fingerprint density at radius 3 is 3.23 bits per heavy atom. The summed E-state index contributed by atoms with van der Waals surface area (Å²) in [6.45, 7) is 0. The molecule has 3 rings (SSSR count). The molecular weight excluding hydrogens is 186 g/mol. The van der Waals surface area contributed by atoms with E-state index in [1.54, 1.807) is 11.8 Å². The van der Waals surface area contributed by atoms with Gasteiger partial charge in [-0.25, -0.2) is 4.98 Å². The Hall–Kier alpha value is -1.30. The predicted molar refractivity (Wildman–Crippen MR) is 50.5 cm³/mol. The summed E-state index contributed by atoms with van der Waals surface area (Å²) in [4.78, 5) is 8.25. The summed E-state index contributed by atoms with van der Waals surface area (Å²) >= 11 is 1.71. The van der Waals surface area contributed by atoms with Crippen molar-refractivity contribution < 1.29 is 0 Å². The second-order valence-electron chi connectivity index (χ2n) is 2.88. The zero-order valence-electron chi connectivity index (χ0n) is 6.74. The minimum absolute atomic E-state index is 0.312. The van der Waals surface area contributed by atoms with Crippen LogP contribution in [0.25, 0.3) is 11.0 Å². The number of hydrogen-bond donors (Lipinski definition) is 2.